The molecule has 0 aromatic rings. The van der Waals surface area contributed by atoms with Gasteiger partial charge in [-0.2, -0.15) is 0 Å². The van der Waals surface area contributed by atoms with Crippen molar-refractivity contribution in [3.8, 4) is 0 Å². The van der Waals surface area contributed by atoms with E-state index < -0.39 is 0 Å². The number of rotatable bonds is 2. The molecule has 3 atom stereocenters. The first-order valence-electron chi connectivity index (χ1n) is 7.14. The maximum Gasteiger partial charge on any atom is 0.0645 e. The summed E-state index contributed by atoms with van der Waals surface area (Å²) < 4.78 is 5.61. The Bertz CT molecular complexity index is 255. The highest BCUT2D eigenvalue weighted by Gasteiger charge is 2.40. The van der Waals surface area contributed by atoms with E-state index >= 15 is 0 Å². The Morgan fingerprint density at radius 2 is 2.12 bits per heavy atom. The highest BCUT2D eigenvalue weighted by atomic mass is 16.5. The monoisotopic (exact) mass is 240 g/mol. The standard InChI is InChI=1S/C14H28N2O/c1-4-11-5-6-12(15)13(9-11)16-7-8-17-10-14(16,2)3/h11-13H,4-10,15H2,1-3H3. The first-order valence-corrected chi connectivity index (χ1v) is 7.14. The average molecular weight is 240 g/mol. The molecule has 0 bridgehead atoms. The van der Waals surface area contributed by atoms with Crippen LogP contribution >= 0.6 is 0 Å². The Kier molecular flexibility index (Phi) is 4.11. The van der Waals surface area contributed by atoms with Crippen molar-refractivity contribution in [2.45, 2.75) is 64.1 Å². The Morgan fingerprint density at radius 3 is 2.76 bits per heavy atom. The van der Waals surface area contributed by atoms with E-state index in [2.05, 4.69) is 25.7 Å². The molecule has 3 heteroatoms. The van der Waals surface area contributed by atoms with Crippen LogP contribution in [0.2, 0.25) is 0 Å². The van der Waals surface area contributed by atoms with E-state index in [9.17, 15) is 0 Å². The molecule has 0 radical (unpaired) electrons. The quantitative estimate of drug-likeness (QED) is 0.802. The largest absolute Gasteiger partial charge is 0.378 e. The van der Waals surface area contributed by atoms with E-state index in [0.717, 1.165) is 25.7 Å². The van der Waals surface area contributed by atoms with Crippen LogP contribution in [0.25, 0.3) is 0 Å². The molecule has 17 heavy (non-hydrogen) atoms. The summed E-state index contributed by atoms with van der Waals surface area (Å²) in [6, 6.07) is 0.919. The van der Waals surface area contributed by atoms with Crippen LogP contribution in [0.15, 0.2) is 0 Å². The van der Waals surface area contributed by atoms with Gasteiger partial charge in [-0.15, -0.1) is 0 Å². The Balaban J connectivity index is 2.07. The topological polar surface area (TPSA) is 38.5 Å². The molecule has 3 unspecified atom stereocenters. The molecule has 100 valence electrons. The van der Waals surface area contributed by atoms with E-state index in [-0.39, 0.29) is 5.54 Å². The van der Waals surface area contributed by atoms with Crippen molar-refractivity contribution in [1.82, 2.24) is 4.90 Å². The minimum atomic E-state index is 0.149. The zero-order chi connectivity index (χ0) is 12.5. The number of nitrogens with zero attached hydrogens (tertiary/aromatic N) is 1. The fourth-order valence-electron chi connectivity index (χ4n) is 3.47. The first-order chi connectivity index (χ1) is 8.04. The van der Waals surface area contributed by atoms with Gasteiger partial charge in [0.2, 0.25) is 0 Å². The van der Waals surface area contributed by atoms with Crippen molar-refractivity contribution in [1.29, 1.82) is 0 Å². The fraction of sp³-hybridized carbons (Fsp3) is 1.00. The van der Waals surface area contributed by atoms with Crippen LogP contribution in [0, 0.1) is 5.92 Å². The van der Waals surface area contributed by atoms with Gasteiger partial charge in [-0.25, -0.2) is 0 Å². The van der Waals surface area contributed by atoms with Gasteiger partial charge in [0.05, 0.1) is 13.2 Å². The molecule has 0 amide bonds. The molecule has 1 aliphatic heterocycles. The molecule has 1 heterocycles. The second kappa shape index (κ2) is 5.25. The van der Waals surface area contributed by atoms with Crippen LogP contribution in [0.3, 0.4) is 0 Å². The molecule has 1 saturated heterocycles. The van der Waals surface area contributed by atoms with E-state index in [1.807, 2.05) is 0 Å². The van der Waals surface area contributed by atoms with Gasteiger partial charge in [0.15, 0.2) is 0 Å². The molecule has 1 aliphatic carbocycles. The molecule has 0 aromatic heterocycles. The molecule has 2 fully saturated rings. The van der Waals surface area contributed by atoms with Crippen LogP contribution in [0.5, 0.6) is 0 Å². The molecule has 0 spiro atoms. The van der Waals surface area contributed by atoms with Gasteiger partial charge < -0.3 is 10.5 Å². The van der Waals surface area contributed by atoms with Gasteiger partial charge in [-0.3, -0.25) is 4.90 Å². The van der Waals surface area contributed by atoms with Crippen molar-refractivity contribution < 1.29 is 4.74 Å². The summed E-state index contributed by atoms with van der Waals surface area (Å²) in [6.45, 7) is 9.63. The van der Waals surface area contributed by atoms with E-state index in [0.29, 0.717) is 12.1 Å². The number of hydrogen-bond donors (Lipinski definition) is 1. The molecule has 0 aromatic carbocycles. The molecule has 2 rings (SSSR count). The van der Waals surface area contributed by atoms with Crippen LogP contribution in [0.1, 0.15) is 46.5 Å². The van der Waals surface area contributed by atoms with E-state index in [1.165, 1.54) is 25.7 Å². The SMILES string of the molecule is CCC1CCC(N)C(N2CCOCC2(C)C)C1. The number of morpholine rings is 1. The normalized spacial score (nSPS) is 39.2. The fourth-order valence-corrected chi connectivity index (χ4v) is 3.47. The van der Waals surface area contributed by atoms with E-state index in [1.54, 1.807) is 0 Å². The summed E-state index contributed by atoms with van der Waals surface area (Å²) >= 11 is 0. The lowest BCUT2D eigenvalue weighted by atomic mass is 9.79. The maximum atomic E-state index is 6.37. The van der Waals surface area contributed by atoms with Crippen molar-refractivity contribution in [3.63, 3.8) is 0 Å². The van der Waals surface area contributed by atoms with Gasteiger partial charge in [-0.05, 0) is 39.0 Å². The lowest BCUT2D eigenvalue weighted by Crippen LogP contribution is -2.62. The molecular formula is C14H28N2O. The van der Waals surface area contributed by atoms with Crippen molar-refractivity contribution in [3.05, 3.63) is 0 Å². The minimum Gasteiger partial charge on any atom is -0.378 e. The van der Waals surface area contributed by atoms with Crippen molar-refractivity contribution in [2.24, 2.45) is 11.7 Å². The smallest absolute Gasteiger partial charge is 0.0645 e. The van der Waals surface area contributed by atoms with Crippen molar-refractivity contribution in [2.75, 3.05) is 19.8 Å². The minimum absolute atomic E-state index is 0.149. The van der Waals surface area contributed by atoms with Crippen LogP contribution < -0.4 is 5.73 Å². The Morgan fingerprint density at radius 1 is 1.35 bits per heavy atom. The predicted octanol–water partition coefficient (Wildman–Crippen LogP) is 2.00. The zero-order valence-electron chi connectivity index (χ0n) is 11.6. The average Bonchev–Trinajstić information content (AvgIpc) is 2.30. The molecule has 1 saturated carbocycles. The van der Waals surface area contributed by atoms with Crippen LogP contribution in [0.4, 0.5) is 0 Å². The maximum absolute atomic E-state index is 6.37. The second-order valence-electron chi connectivity index (χ2n) is 6.38. The molecule has 2 aliphatic rings. The highest BCUT2D eigenvalue weighted by Crippen LogP contribution is 2.33. The molecule has 2 N–H and O–H groups in total. The summed E-state index contributed by atoms with van der Waals surface area (Å²) in [5, 5.41) is 0. The second-order valence-corrected chi connectivity index (χ2v) is 6.38. The number of ether oxygens (including phenoxy) is 1. The van der Waals surface area contributed by atoms with Crippen LogP contribution in [-0.2, 0) is 4.74 Å². The zero-order valence-corrected chi connectivity index (χ0v) is 11.6. The summed E-state index contributed by atoms with van der Waals surface area (Å²) in [5.74, 6) is 0.874. The van der Waals surface area contributed by atoms with Gasteiger partial charge in [0.1, 0.15) is 0 Å². The van der Waals surface area contributed by atoms with Crippen molar-refractivity contribution >= 4 is 0 Å². The summed E-state index contributed by atoms with van der Waals surface area (Å²) in [5.41, 5.74) is 6.51. The highest BCUT2D eigenvalue weighted by molar-refractivity contribution is 4.96. The lowest BCUT2D eigenvalue weighted by Gasteiger charge is -2.50. The van der Waals surface area contributed by atoms with E-state index in [4.69, 9.17) is 10.5 Å². The lowest BCUT2D eigenvalue weighted by molar-refractivity contribution is -0.0856. The van der Waals surface area contributed by atoms with Gasteiger partial charge in [0, 0.05) is 24.2 Å². The number of hydrogen-bond acceptors (Lipinski definition) is 3. The Hall–Kier alpha value is -0.120. The third-order valence-electron chi connectivity index (χ3n) is 4.66. The van der Waals surface area contributed by atoms with Crippen LogP contribution in [-0.4, -0.2) is 42.3 Å². The number of nitrogens with two attached hydrogens (primary N) is 1. The van der Waals surface area contributed by atoms with Gasteiger partial charge in [0.25, 0.3) is 0 Å². The van der Waals surface area contributed by atoms with Gasteiger partial charge >= 0.3 is 0 Å². The molecule has 3 nitrogen and oxygen atoms in total. The Labute approximate surface area is 106 Å². The predicted molar refractivity (Wildman–Crippen MR) is 71.0 cm³/mol. The third-order valence-corrected chi connectivity index (χ3v) is 4.66. The summed E-state index contributed by atoms with van der Waals surface area (Å²) in [7, 11) is 0. The van der Waals surface area contributed by atoms with Gasteiger partial charge in [-0.1, -0.05) is 13.3 Å². The third kappa shape index (κ3) is 2.83. The molecular weight excluding hydrogens is 212 g/mol. The summed E-state index contributed by atoms with van der Waals surface area (Å²) in [4.78, 5) is 2.61. The first kappa shape index (κ1) is 13.3. The summed E-state index contributed by atoms with van der Waals surface area (Å²) in [6.07, 6.45) is 5.09.